The molecule has 0 saturated heterocycles. The maximum absolute atomic E-state index is 12.5. The fraction of sp³-hybridized carbons (Fsp3) is 0.400. The second-order valence-electron chi connectivity index (χ2n) is 4.23. The van der Waals surface area contributed by atoms with Gasteiger partial charge in [-0.05, 0) is 6.07 Å². The molecule has 0 unspecified atom stereocenters. The molecule has 1 aliphatic rings. The van der Waals surface area contributed by atoms with Gasteiger partial charge in [-0.25, -0.2) is 8.42 Å². The van der Waals surface area contributed by atoms with E-state index in [2.05, 4.69) is 10.2 Å². The molecule has 0 atom stereocenters. The fourth-order valence-corrected chi connectivity index (χ4v) is 4.53. The van der Waals surface area contributed by atoms with E-state index >= 15 is 0 Å². The van der Waals surface area contributed by atoms with E-state index in [1.54, 1.807) is 17.8 Å². The normalized spacial score (nSPS) is 16.5. The van der Waals surface area contributed by atoms with Crippen molar-refractivity contribution < 1.29 is 8.42 Å². The summed E-state index contributed by atoms with van der Waals surface area (Å²) in [5, 5.41) is 9.35. The molecule has 0 aliphatic carbocycles. The van der Waals surface area contributed by atoms with Crippen LogP contribution in [0.5, 0.6) is 0 Å². The second-order valence-corrected chi connectivity index (χ2v) is 7.17. The van der Waals surface area contributed by atoms with Crippen molar-refractivity contribution in [1.82, 2.24) is 19.1 Å². The Hall–Kier alpha value is -1.29. The van der Waals surface area contributed by atoms with Crippen LogP contribution in [0.3, 0.4) is 0 Å². The van der Waals surface area contributed by atoms with E-state index < -0.39 is 10.0 Å². The van der Waals surface area contributed by atoms with Crippen molar-refractivity contribution >= 4 is 21.4 Å². The maximum atomic E-state index is 12.5. The Morgan fingerprint density at radius 2 is 2.26 bits per heavy atom. The molecule has 1 aliphatic heterocycles. The first-order valence-corrected chi connectivity index (χ1v) is 8.07. The lowest BCUT2D eigenvalue weighted by Gasteiger charge is -2.25. The zero-order chi connectivity index (χ0) is 13.5. The van der Waals surface area contributed by atoms with Crippen molar-refractivity contribution in [3.63, 3.8) is 0 Å². The molecule has 2 aromatic heterocycles. The van der Waals surface area contributed by atoms with Crippen LogP contribution < -0.4 is 5.73 Å². The van der Waals surface area contributed by atoms with Gasteiger partial charge in [0, 0.05) is 29.9 Å². The number of nitrogens with two attached hydrogens (primary N) is 1. The van der Waals surface area contributed by atoms with Gasteiger partial charge in [-0.3, -0.25) is 0 Å². The number of aromatic nitrogens is 3. The Labute approximate surface area is 114 Å². The third-order valence-corrected chi connectivity index (χ3v) is 6.00. The first kappa shape index (κ1) is 12.7. The molecular weight excluding hydrogens is 286 g/mol. The number of hydrogen-bond acceptors (Lipinski definition) is 6. The van der Waals surface area contributed by atoms with Crippen LogP contribution in [-0.4, -0.2) is 34.0 Å². The number of fused-ring (bicyclic) bond motifs is 1. The lowest BCUT2D eigenvalue weighted by molar-refractivity contribution is 0.335. The predicted molar refractivity (Wildman–Crippen MR) is 69.8 cm³/mol. The summed E-state index contributed by atoms with van der Waals surface area (Å²) in [5.41, 5.74) is 5.51. The number of thiophene rings is 1. The molecule has 9 heteroatoms. The summed E-state index contributed by atoms with van der Waals surface area (Å²) in [4.78, 5) is 1.17. The molecule has 3 heterocycles. The van der Waals surface area contributed by atoms with E-state index in [1.165, 1.54) is 15.6 Å². The quantitative estimate of drug-likeness (QED) is 0.861. The van der Waals surface area contributed by atoms with Gasteiger partial charge in [0.2, 0.25) is 10.0 Å². The smallest absolute Gasteiger partial charge is 0.244 e. The molecule has 7 nitrogen and oxygen atoms in total. The Balaban J connectivity index is 1.89. The third-order valence-electron chi connectivity index (χ3n) is 3.07. The highest BCUT2D eigenvalue weighted by molar-refractivity contribution is 7.89. The number of sulfonamides is 1. The molecular formula is C10H13N5O2S2. The van der Waals surface area contributed by atoms with Crippen LogP contribution in [0.4, 0.5) is 0 Å². The van der Waals surface area contributed by atoms with Gasteiger partial charge in [0.25, 0.3) is 0 Å². The van der Waals surface area contributed by atoms with Crippen molar-refractivity contribution in [2.45, 2.75) is 24.5 Å². The number of nitrogens with zero attached hydrogens (tertiary/aromatic N) is 4. The lowest BCUT2D eigenvalue weighted by Crippen LogP contribution is -2.38. The summed E-state index contributed by atoms with van der Waals surface area (Å²) in [6.45, 7) is 1.63. The summed E-state index contributed by atoms with van der Waals surface area (Å²) < 4.78 is 28.3. The van der Waals surface area contributed by atoms with Crippen molar-refractivity contribution in [1.29, 1.82) is 0 Å². The van der Waals surface area contributed by atoms with Crippen molar-refractivity contribution in [2.75, 3.05) is 6.54 Å². The van der Waals surface area contributed by atoms with E-state index in [0.29, 0.717) is 30.4 Å². The van der Waals surface area contributed by atoms with Gasteiger partial charge in [-0.15, -0.1) is 21.5 Å². The molecule has 0 spiro atoms. The lowest BCUT2D eigenvalue weighted by atomic mass is 10.4. The Bertz CT molecular complexity index is 690. The Morgan fingerprint density at radius 1 is 1.42 bits per heavy atom. The fourth-order valence-electron chi connectivity index (χ4n) is 2.00. The van der Waals surface area contributed by atoms with Gasteiger partial charge in [0.15, 0.2) is 0 Å². The van der Waals surface area contributed by atoms with Gasteiger partial charge < -0.3 is 10.3 Å². The second kappa shape index (κ2) is 4.67. The molecule has 2 N–H and O–H groups in total. The van der Waals surface area contributed by atoms with Crippen LogP contribution in [0.25, 0.3) is 0 Å². The topological polar surface area (TPSA) is 94.1 Å². The largest absolute Gasteiger partial charge is 0.326 e. The van der Waals surface area contributed by atoms with E-state index in [-0.39, 0.29) is 6.54 Å². The average Bonchev–Trinajstić information content (AvgIpc) is 3.06. The highest BCUT2D eigenvalue weighted by Crippen LogP contribution is 2.24. The number of rotatable bonds is 3. The molecule has 0 bridgehead atoms. The van der Waals surface area contributed by atoms with Crippen LogP contribution in [0.2, 0.25) is 0 Å². The molecule has 0 fully saturated rings. The minimum Gasteiger partial charge on any atom is -0.326 e. The highest BCUT2D eigenvalue weighted by atomic mass is 32.2. The van der Waals surface area contributed by atoms with Crippen LogP contribution in [-0.2, 0) is 29.7 Å². The summed E-state index contributed by atoms with van der Waals surface area (Å²) in [7, 11) is -3.46. The van der Waals surface area contributed by atoms with E-state index in [1.807, 2.05) is 4.57 Å². The molecule has 0 amide bonds. The predicted octanol–water partition coefficient (Wildman–Crippen LogP) is 0.00280. The molecule has 0 saturated carbocycles. The Morgan fingerprint density at radius 3 is 3.00 bits per heavy atom. The summed E-state index contributed by atoms with van der Waals surface area (Å²) in [6.07, 6.45) is 1.62. The molecule has 0 radical (unpaired) electrons. The van der Waals surface area contributed by atoms with Crippen LogP contribution >= 0.6 is 11.3 Å². The van der Waals surface area contributed by atoms with E-state index in [4.69, 9.17) is 5.73 Å². The molecule has 0 aromatic carbocycles. The van der Waals surface area contributed by atoms with Crippen molar-refractivity contribution in [3.8, 4) is 0 Å². The van der Waals surface area contributed by atoms with Gasteiger partial charge in [0.1, 0.15) is 12.2 Å². The van der Waals surface area contributed by atoms with Crippen molar-refractivity contribution in [2.24, 2.45) is 5.73 Å². The standard InChI is InChI=1S/C10H13N5O2S2/c11-4-8-3-9(6-18-8)19(16,17)15-2-1-14-7-12-13-10(14)5-15/h3,6-7H,1-2,4-5,11H2. The average molecular weight is 299 g/mol. The number of hydrogen-bond donors (Lipinski definition) is 1. The molecule has 3 rings (SSSR count). The van der Waals surface area contributed by atoms with E-state index in [9.17, 15) is 8.42 Å². The SMILES string of the molecule is NCc1cc(S(=O)(=O)N2CCn3cnnc3C2)cs1. The maximum Gasteiger partial charge on any atom is 0.244 e. The Kier molecular flexibility index (Phi) is 3.13. The monoisotopic (exact) mass is 299 g/mol. The first-order valence-electron chi connectivity index (χ1n) is 5.75. The third kappa shape index (κ3) is 2.18. The zero-order valence-electron chi connectivity index (χ0n) is 10.1. The van der Waals surface area contributed by atoms with Crippen LogP contribution in [0.15, 0.2) is 22.7 Å². The van der Waals surface area contributed by atoms with Crippen molar-refractivity contribution in [3.05, 3.63) is 28.5 Å². The highest BCUT2D eigenvalue weighted by Gasteiger charge is 2.29. The van der Waals surface area contributed by atoms with Gasteiger partial charge in [-0.2, -0.15) is 4.31 Å². The minimum atomic E-state index is -3.46. The van der Waals surface area contributed by atoms with Gasteiger partial charge >= 0.3 is 0 Å². The van der Waals surface area contributed by atoms with Gasteiger partial charge in [-0.1, -0.05) is 0 Å². The molecule has 2 aromatic rings. The molecule has 19 heavy (non-hydrogen) atoms. The first-order chi connectivity index (χ1) is 9.11. The van der Waals surface area contributed by atoms with E-state index in [0.717, 1.165) is 4.88 Å². The minimum absolute atomic E-state index is 0.260. The summed E-state index contributed by atoms with van der Waals surface area (Å²) >= 11 is 1.36. The van der Waals surface area contributed by atoms with Crippen LogP contribution in [0, 0.1) is 0 Å². The summed E-state index contributed by atoms with van der Waals surface area (Å²) in [6, 6.07) is 1.64. The molecule has 102 valence electrons. The van der Waals surface area contributed by atoms with Crippen LogP contribution in [0.1, 0.15) is 10.7 Å². The zero-order valence-corrected chi connectivity index (χ0v) is 11.7. The van der Waals surface area contributed by atoms with Gasteiger partial charge in [0.05, 0.1) is 11.4 Å². The summed E-state index contributed by atoms with van der Waals surface area (Å²) in [5.74, 6) is 0.670.